The van der Waals surface area contributed by atoms with E-state index in [1.807, 2.05) is 0 Å². The van der Waals surface area contributed by atoms with Gasteiger partial charge in [-0.25, -0.2) is 4.98 Å². The van der Waals surface area contributed by atoms with Crippen LogP contribution in [0.4, 0.5) is 5.69 Å². The maximum absolute atomic E-state index is 12.4. The van der Waals surface area contributed by atoms with E-state index in [2.05, 4.69) is 10.9 Å². The third-order valence-electron chi connectivity index (χ3n) is 3.02. The maximum Gasteiger partial charge on any atom is 0.300 e. The van der Waals surface area contributed by atoms with Gasteiger partial charge >= 0.3 is 0 Å². The zero-order chi connectivity index (χ0) is 14.7. The lowest BCUT2D eigenvalue weighted by Crippen LogP contribution is -2.33. The van der Waals surface area contributed by atoms with Crippen LogP contribution in [0.25, 0.3) is 0 Å². The summed E-state index contributed by atoms with van der Waals surface area (Å²) in [4.78, 5) is 27.8. The van der Waals surface area contributed by atoms with Crippen LogP contribution in [-0.2, 0) is 0 Å². The fourth-order valence-electron chi connectivity index (χ4n) is 1.85. The molecule has 1 aromatic heterocycles. The lowest BCUT2D eigenvalue weighted by molar-refractivity contribution is -0.385. The molecule has 0 bridgehead atoms. The van der Waals surface area contributed by atoms with Crippen molar-refractivity contribution in [2.45, 2.75) is 12.8 Å². The zero-order valence-corrected chi connectivity index (χ0v) is 11.3. The van der Waals surface area contributed by atoms with Crippen LogP contribution in [0.15, 0.2) is 12.3 Å². The Kier molecular flexibility index (Phi) is 4.20. The molecule has 0 aliphatic heterocycles. The molecule has 1 aliphatic rings. The number of hydrogen-bond acceptors (Lipinski definition) is 4. The molecule has 1 fully saturated rings. The smallest absolute Gasteiger partial charge is 0.300 e. The van der Waals surface area contributed by atoms with E-state index >= 15 is 0 Å². The standard InChI is InChI=1S/C13H12ClN3O3/c1-2-5-16(8-9-3-4-9)13(18)10-6-12(14)15-7-11(10)17(19)20/h1,6-7,9H,3-5,8H2. The van der Waals surface area contributed by atoms with Crippen molar-refractivity contribution in [3.63, 3.8) is 0 Å². The highest BCUT2D eigenvalue weighted by Gasteiger charge is 2.30. The summed E-state index contributed by atoms with van der Waals surface area (Å²) in [6, 6.07) is 1.21. The number of amides is 1. The van der Waals surface area contributed by atoms with Gasteiger partial charge in [-0.2, -0.15) is 0 Å². The second-order valence-electron chi connectivity index (χ2n) is 4.61. The highest BCUT2D eigenvalue weighted by molar-refractivity contribution is 6.29. The fourth-order valence-corrected chi connectivity index (χ4v) is 2.01. The number of halogens is 1. The Morgan fingerprint density at radius 2 is 2.35 bits per heavy atom. The van der Waals surface area contributed by atoms with Gasteiger partial charge in [0.05, 0.1) is 11.5 Å². The Morgan fingerprint density at radius 1 is 1.65 bits per heavy atom. The molecule has 0 N–H and O–H groups in total. The van der Waals surface area contributed by atoms with Crippen LogP contribution < -0.4 is 0 Å². The minimum Gasteiger partial charge on any atom is -0.327 e. The summed E-state index contributed by atoms with van der Waals surface area (Å²) in [5.74, 6) is 2.35. The highest BCUT2D eigenvalue weighted by Crippen LogP contribution is 2.31. The molecular weight excluding hydrogens is 282 g/mol. The molecule has 2 rings (SSSR count). The van der Waals surface area contributed by atoms with Gasteiger partial charge in [0.1, 0.15) is 16.9 Å². The molecule has 0 saturated heterocycles. The summed E-state index contributed by atoms with van der Waals surface area (Å²) >= 11 is 5.72. The van der Waals surface area contributed by atoms with Crippen molar-refractivity contribution in [1.82, 2.24) is 9.88 Å². The molecular formula is C13H12ClN3O3. The molecule has 0 spiro atoms. The number of terminal acetylenes is 1. The van der Waals surface area contributed by atoms with Crippen LogP contribution in [0.1, 0.15) is 23.2 Å². The summed E-state index contributed by atoms with van der Waals surface area (Å²) in [6.07, 6.45) is 8.34. The average molecular weight is 294 g/mol. The van der Waals surface area contributed by atoms with E-state index < -0.39 is 10.8 Å². The van der Waals surface area contributed by atoms with Crippen LogP contribution >= 0.6 is 11.6 Å². The quantitative estimate of drug-likeness (QED) is 0.361. The van der Waals surface area contributed by atoms with Gasteiger partial charge in [-0.05, 0) is 24.8 Å². The van der Waals surface area contributed by atoms with Crippen LogP contribution in [0.5, 0.6) is 0 Å². The Hall–Kier alpha value is -2.13. The van der Waals surface area contributed by atoms with Gasteiger partial charge < -0.3 is 4.90 Å². The first-order valence-electron chi connectivity index (χ1n) is 6.05. The van der Waals surface area contributed by atoms with Gasteiger partial charge in [0.15, 0.2) is 0 Å². The number of pyridine rings is 1. The van der Waals surface area contributed by atoms with E-state index in [0.717, 1.165) is 19.0 Å². The maximum atomic E-state index is 12.4. The number of aromatic nitrogens is 1. The third-order valence-corrected chi connectivity index (χ3v) is 3.23. The summed E-state index contributed by atoms with van der Waals surface area (Å²) in [6.45, 7) is 0.632. The lowest BCUT2D eigenvalue weighted by Gasteiger charge is -2.19. The number of carbonyl (C=O) groups excluding carboxylic acids is 1. The summed E-state index contributed by atoms with van der Waals surface area (Å²) in [5.41, 5.74) is -0.442. The number of rotatable bonds is 5. The first-order chi connectivity index (χ1) is 9.52. The number of nitro groups is 1. The third kappa shape index (κ3) is 3.25. The van der Waals surface area contributed by atoms with Crippen molar-refractivity contribution in [1.29, 1.82) is 0 Å². The SMILES string of the molecule is C#CCN(CC1CC1)C(=O)c1cc(Cl)ncc1[N+](=O)[O-]. The Labute approximate surface area is 120 Å². The van der Waals surface area contributed by atoms with E-state index in [9.17, 15) is 14.9 Å². The topological polar surface area (TPSA) is 76.3 Å². The fraction of sp³-hybridized carbons (Fsp3) is 0.385. The average Bonchev–Trinajstić information content (AvgIpc) is 3.21. The van der Waals surface area contributed by atoms with Crippen LogP contribution in [0, 0.1) is 28.4 Å². The van der Waals surface area contributed by atoms with Crippen LogP contribution in [0.3, 0.4) is 0 Å². The predicted molar refractivity (Wildman–Crippen MR) is 73.4 cm³/mol. The van der Waals surface area contributed by atoms with Crippen molar-refractivity contribution in [3.8, 4) is 12.3 Å². The van der Waals surface area contributed by atoms with Crippen LogP contribution in [0.2, 0.25) is 5.15 Å². The molecule has 1 aromatic rings. The molecule has 0 unspecified atom stereocenters. The Balaban J connectivity index is 2.31. The molecule has 104 valence electrons. The second kappa shape index (κ2) is 5.88. The van der Waals surface area contributed by atoms with E-state index in [0.29, 0.717) is 12.5 Å². The van der Waals surface area contributed by atoms with Crippen molar-refractivity contribution in [3.05, 3.63) is 33.1 Å². The van der Waals surface area contributed by atoms with Gasteiger partial charge in [0.25, 0.3) is 11.6 Å². The number of nitrogens with zero attached hydrogens (tertiary/aromatic N) is 3. The number of carbonyl (C=O) groups is 1. The molecule has 1 heterocycles. The van der Waals surface area contributed by atoms with Gasteiger partial charge in [-0.1, -0.05) is 17.5 Å². The molecule has 1 saturated carbocycles. The first-order valence-corrected chi connectivity index (χ1v) is 6.43. The Morgan fingerprint density at radius 3 is 2.90 bits per heavy atom. The largest absolute Gasteiger partial charge is 0.327 e. The van der Waals surface area contributed by atoms with E-state index in [1.54, 1.807) is 0 Å². The van der Waals surface area contributed by atoms with Gasteiger partial charge in [-0.3, -0.25) is 14.9 Å². The molecule has 20 heavy (non-hydrogen) atoms. The highest BCUT2D eigenvalue weighted by atomic mass is 35.5. The molecule has 1 amide bonds. The van der Waals surface area contributed by atoms with Gasteiger partial charge in [-0.15, -0.1) is 6.42 Å². The van der Waals surface area contributed by atoms with Gasteiger partial charge in [0, 0.05) is 6.54 Å². The zero-order valence-electron chi connectivity index (χ0n) is 10.6. The second-order valence-corrected chi connectivity index (χ2v) is 5.00. The van der Waals surface area contributed by atoms with Crippen LogP contribution in [-0.4, -0.2) is 33.8 Å². The number of hydrogen-bond donors (Lipinski definition) is 0. The molecule has 0 aromatic carbocycles. The normalized spacial score (nSPS) is 13.6. The molecule has 0 radical (unpaired) electrons. The molecule has 0 atom stereocenters. The predicted octanol–water partition coefficient (Wildman–Crippen LogP) is 2.13. The van der Waals surface area contributed by atoms with Gasteiger partial charge in [0.2, 0.25) is 0 Å². The minimum atomic E-state index is -0.651. The first kappa shape index (κ1) is 14.3. The minimum absolute atomic E-state index is 0.0334. The summed E-state index contributed by atoms with van der Waals surface area (Å²) < 4.78 is 0. The van der Waals surface area contributed by atoms with E-state index in [-0.39, 0.29) is 22.9 Å². The van der Waals surface area contributed by atoms with Crippen molar-refractivity contribution >= 4 is 23.2 Å². The van der Waals surface area contributed by atoms with E-state index in [1.165, 1.54) is 11.0 Å². The molecule has 6 nitrogen and oxygen atoms in total. The van der Waals surface area contributed by atoms with E-state index in [4.69, 9.17) is 18.0 Å². The lowest BCUT2D eigenvalue weighted by atomic mass is 10.2. The van der Waals surface area contributed by atoms with Crippen molar-refractivity contribution in [2.75, 3.05) is 13.1 Å². The molecule has 7 heteroatoms. The summed E-state index contributed by atoms with van der Waals surface area (Å²) in [5, 5.41) is 11.0. The van der Waals surface area contributed by atoms with Crippen molar-refractivity contribution < 1.29 is 9.72 Å². The van der Waals surface area contributed by atoms with Crippen molar-refractivity contribution in [2.24, 2.45) is 5.92 Å². The Bertz CT molecular complexity index is 593. The molecule has 1 aliphatic carbocycles. The summed E-state index contributed by atoms with van der Waals surface area (Å²) in [7, 11) is 0. The monoisotopic (exact) mass is 293 g/mol.